The summed E-state index contributed by atoms with van der Waals surface area (Å²) >= 11 is 0. The van der Waals surface area contributed by atoms with E-state index in [1.54, 1.807) is 13.8 Å². The Morgan fingerprint density at radius 1 is 0.786 bits per heavy atom. The molecule has 0 aliphatic heterocycles. The molecule has 0 rings (SSSR count). The minimum Gasteiger partial charge on any atom is -0.466 e. The minimum atomic E-state index is -1.42. The maximum absolute atomic E-state index is 12.0. The zero-order valence-electron chi connectivity index (χ0n) is 17.5. The lowest BCUT2D eigenvalue weighted by molar-refractivity contribution is -0.146. The molecule has 0 bridgehead atoms. The van der Waals surface area contributed by atoms with Crippen molar-refractivity contribution in [3.63, 3.8) is 0 Å². The molecule has 0 radical (unpaired) electrons. The van der Waals surface area contributed by atoms with Crippen molar-refractivity contribution in [2.75, 3.05) is 13.2 Å². The van der Waals surface area contributed by atoms with Gasteiger partial charge in [0.2, 0.25) is 0 Å². The maximum Gasteiger partial charge on any atom is 0.309 e. The van der Waals surface area contributed by atoms with Gasteiger partial charge >= 0.3 is 11.9 Å². The van der Waals surface area contributed by atoms with Gasteiger partial charge in [-0.2, -0.15) is 20.8 Å². The first kappa shape index (κ1) is 25.5. The number of azo groups is 1. The van der Waals surface area contributed by atoms with E-state index in [1.165, 1.54) is 0 Å². The number of hydrogen-bond acceptors (Lipinski definition) is 8. The van der Waals surface area contributed by atoms with Crippen LogP contribution in [0.5, 0.6) is 0 Å². The van der Waals surface area contributed by atoms with E-state index in [2.05, 4.69) is 10.2 Å². The molecule has 0 aromatic carbocycles. The minimum absolute atomic E-state index is 0.224. The number of ether oxygens (including phenoxy) is 2. The number of nitriles is 2. The first-order chi connectivity index (χ1) is 13.4. The van der Waals surface area contributed by atoms with E-state index in [4.69, 9.17) is 9.47 Å². The van der Waals surface area contributed by atoms with Gasteiger partial charge in [-0.1, -0.05) is 40.5 Å². The fraction of sp³-hybridized carbons (Fsp3) is 0.800. The number of carbonyl (C=O) groups excluding carboxylic acids is 2. The van der Waals surface area contributed by atoms with Gasteiger partial charge in [0.25, 0.3) is 0 Å². The molecule has 0 heterocycles. The van der Waals surface area contributed by atoms with Crippen molar-refractivity contribution in [1.29, 1.82) is 10.5 Å². The van der Waals surface area contributed by atoms with Crippen LogP contribution in [0.3, 0.4) is 0 Å². The molecule has 156 valence electrons. The highest BCUT2D eigenvalue weighted by atomic mass is 16.5. The number of unbranched alkanes of at least 4 members (excludes halogenated alkanes) is 2. The summed E-state index contributed by atoms with van der Waals surface area (Å²) in [5.41, 5.74) is -2.85. The zero-order chi connectivity index (χ0) is 21.5. The van der Waals surface area contributed by atoms with Gasteiger partial charge in [0.05, 0.1) is 38.2 Å². The Morgan fingerprint density at radius 3 is 1.39 bits per heavy atom. The second-order valence-electron chi connectivity index (χ2n) is 6.70. The normalized spacial score (nSPS) is 15.1. The molecule has 2 atom stereocenters. The quantitative estimate of drug-likeness (QED) is 0.247. The fourth-order valence-corrected chi connectivity index (χ4v) is 2.18. The Morgan fingerprint density at radius 2 is 1.14 bits per heavy atom. The van der Waals surface area contributed by atoms with Gasteiger partial charge in [-0.25, -0.2) is 0 Å². The summed E-state index contributed by atoms with van der Waals surface area (Å²) in [4.78, 5) is 24.1. The van der Waals surface area contributed by atoms with Crippen molar-refractivity contribution in [1.82, 2.24) is 0 Å². The molecule has 0 aromatic rings. The Labute approximate surface area is 167 Å². The van der Waals surface area contributed by atoms with Crippen LogP contribution in [-0.2, 0) is 19.1 Å². The fourth-order valence-electron chi connectivity index (χ4n) is 2.18. The van der Waals surface area contributed by atoms with Crippen LogP contribution in [0.4, 0.5) is 0 Å². The van der Waals surface area contributed by atoms with Crippen molar-refractivity contribution < 1.29 is 19.1 Å². The van der Waals surface area contributed by atoms with Gasteiger partial charge in [-0.05, 0) is 25.7 Å². The number of esters is 2. The number of hydrogen-bond donors (Lipinski definition) is 0. The molecule has 0 saturated carbocycles. The summed E-state index contributed by atoms with van der Waals surface area (Å²) in [6, 6.07) is 4.03. The molecule has 2 unspecified atom stereocenters. The molecule has 0 saturated heterocycles. The Bertz CT molecular complexity index is 556. The largest absolute Gasteiger partial charge is 0.466 e. The summed E-state index contributed by atoms with van der Waals surface area (Å²) in [7, 11) is 0. The van der Waals surface area contributed by atoms with Crippen molar-refractivity contribution in [2.24, 2.45) is 10.2 Å². The highest BCUT2D eigenvalue weighted by Gasteiger charge is 2.37. The average Bonchev–Trinajstić information content (AvgIpc) is 2.70. The molecule has 0 amide bonds. The van der Waals surface area contributed by atoms with Crippen molar-refractivity contribution in [3.8, 4) is 12.1 Å². The second-order valence-corrected chi connectivity index (χ2v) is 6.70. The molecular weight excluding hydrogens is 360 g/mol. The van der Waals surface area contributed by atoms with E-state index >= 15 is 0 Å². The number of carbonyl (C=O) groups is 2. The molecule has 0 fully saturated rings. The summed E-state index contributed by atoms with van der Waals surface area (Å²) < 4.78 is 10.2. The highest BCUT2D eigenvalue weighted by molar-refractivity contribution is 5.72. The third-order valence-electron chi connectivity index (χ3n) is 4.41. The van der Waals surface area contributed by atoms with E-state index in [0.717, 1.165) is 25.7 Å². The molecule has 28 heavy (non-hydrogen) atoms. The Hall–Kier alpha value is -2.48. The van der Waals surface area contributed by atoms with Crippen LogP contribution in [0.25, 0.3) is 0 Å². The molecule has 0 aliphatic carbocycles. The van der Waals surface area contributed by atoms with Crippen molar-refractivity contribution >= 4 is 11.9 Å². The maximum atomic E-state index is 12.0. The van der Waals surface area contributed by atoms with E-state index in [1.807, 2.05) is 26.0 Å². The lowest BCUT2D eigenvalue weighted by atomic mass is 9.93. The predicted molar refractivity (Wildman–Crippen MR) is 103 cm³/mol. The summed E-state index contributed by atoms with van der Waals surface area (Å²) in [5, 5.41) is 27.3. The van der Waals surface area contributed by atoms with Gasteiger partial charge in [0, 0.05) is 0 Å². The smallest absolute Gasteiger partial charge is 0.309 e. The van der Waals surface area contributed by atoms with E-state index in [9.17, 15) is 20.1 Å². The van der Waals surface area contributed by atoms with Gasteiger partial charge in [0.15, 0.2) is 11.1 Å². The molecule has 0 N–H and O–H groups in total. The van der Waals surface area contributed by atoms with E-state index in [-0.39, 0.29) is 25.7 Å². The van der Waals surface area contributed by atoms with E-state index < -0.39 is 23.0 Å². The lowest BCUT2D eigenvalue weighted by Gasteiger charge is -2.22. The standard InChI is InChI=1S/C20H32N4O4/c1-5-9-11-27-17(25)13-19(7-3,15-21)23-24-20(8-4,16-22)14-18(26)28-12-10-6-2/h5-14H2,1-4H3. The van der Waals surface area contributed by atoms with Gasteiger partial charge in [-0.15, -0.1) is 0 Å². The van der Waals surface area contributed by atoms with Crippen LogP contribution in [-0.4, -0.2) is 36.2 Å². The molecular formula is C20H32N4O4. The number of rotatable bonds is 14. The van der Waals surface area contributed by atoms with Crippen LogP contribution in [0.15, 0.2) is 10.2 Å². The van der Waals surface area contributed by atoms with Crippen LogP contribution >= 0.6 is 0 Å². The SMILES string of the molecule is CCCCOC(=O)CC(C#N)(CC)N=NC(C#N)(CC)CC(=O)OCCCC. The average molecular weight is 393 g/mol. The molecule has 0 aromatic heterocycles. The first-order valence-electron chi connectivity index (χ1n) is 9.94. The number of nitrogens with zero attached hydrogens (tertiary/aromatic N) is 4. The molecule has 0 aliphatic rings. The van der Waals surface area contributed by atoms with Crippen LogP contribution in [0.2, 0.25) is 0 Å². The predicted octanol–water partition coefficient (Wildman–Crippen LogP) is 4.25. The Balaban J connectivity index is 5.28. The monoisotopic (exact) mass is 392 g/mol. The second kappa shape index (κ2) is 13.7. The zero-order valence-corrected chi connectivity index (χ0v) is 17.5. The first-order valence-corrected chi connectivity index (χ1v) is 9.94. The third-order valence-corrected chi connectivity index (χ3v) is 4.41. The van der Waals surface area contributed by atoms with Gasteiger partial charge in [-0.3, -0.25) is 9.59 Å². The van der Waals surface area contributed by atoms with Crippen molar-refractivity contribution in [2.45, 2.75) is 90.1 Å². The molecule has 0 spiro atoms. The van der Waals surface area contributed by atoms with Crippen molar-refractivity contribution in [3.05, 3.63) is 0 Å². The molecule has 8 nitrogen and oxygen atoms in total. The van der Waals surface area contributed by atoms with Crippen LogP contribution in [0, 0.1) is 22.7 Å². The summed E-state index contributed by atoms with van der Waals surface area (Å²) in [5.74, 6) is -1.07. The lowest BCUT2D eigenvalue weighted by Crippen LogP contribution is -2.32. The van der Waals surface area contributed by atoms with Gasteiger partial charge in [0.1, 0.15) is 0 Å². The van der Waals surface area contributed by atoms with Crippen LogP contribution in [0.1, 0.15) is 79.1 Å². The highest BCUT2D eigenvalue weighted by Crippen LogP contribution is 2.27. The molecule has 8 heteroatoms. The van der Waals surface area contributed by atoms with Gasteiger partial charge < -0.3 is 9.47 Å². The Kier molecular flexibility index (Phi) is 12.4. The summed E-state index contributed by atoms with van der Waals surface area (Å²) in [6.45, 7) is 7.96. The van der Waals surface area contributed by atoms with Crippen LogP contribution < -0.4 is 0 Å². The summed E-state index contributed by atoms with van der Waals surface area (Å²) in [6.07, 6.45) is 3.21. The topological polar surface area (TPSA) is 125 Å². The van der Waals surface area contributed by atoms with E-state index in [0.29, 0.717) is 13.2 Å². The third kappa shape index (κ3) is 8.94.